The predicted octanol–water partition coefficient (Wildman–Crippen LogP) is 5.17. The zero-order chi connectivity index (χ0) is 22.2. The highest BCUT2D eigenvalue weighted by Gasteiger charge is 2.21. The summed E-state index contributed by atoms with van der Waals surface area (Å²) in [4.78, 5) is 0. The molecule has 0 aliphatic carbocycles. The van der Waals surface area contributed by atoms with Crippen molar-refractivity contribution in [3.63, 3.8) is 0 Å². The van der Waals surface area contributed by atoms with E-state index in [1.165, 1.54) is 27.6 Å². The molecule has 0 saturated heterocycles. The fourth-order valence-electron chi connectivity index (χ4n) is 3.09. The Morgan fingerprint density at radius 1 is 0.903 bits per heavy atom. The van der Waals surface area contributed by atoms with Gasteiger partial charge < -0.3 is 10.3 Å². The largest absolute Gasteiger partial charge is 0.419 e. The Morgan fingerprint density at radius 3 is 2.19 bits per heavy atom. The molecule has 7 nitrogen and oxygen atoms in total. The van der Waals surface area contributed by atoms with E-state index in [-0.39, 0.29) is 10.7 Å². The maximum Gasteiger partial charge on any atom is 0.247 e. The van der Waals surface area contributed by atoms with Gasteiger partial charge in [-0.3, -0.25) is 0 Å². The van der Waals surface area contributed by atoms with Gasteiger partial charge in [-0.15, -0.1) is 20.4 Å². The number of thioether (sulfide) groups is 1. The van der Waals surface area contributed by atoms with Gasteiger partial charge in [-0.2, -0.15) is 0 Å². The Bertz CT molecular complexity index is 1170. The van der Waals surface area contributed by atoms with Gasteiger partial charge >= 0.3 is 0 Å². The molecule has 2 N–H and O–H groups in total. The number of aromatic nitrogens is 5. The van der Waals surface area contributed by atoms with Crippen LogP contribution >= 0.6 is 11.8 Å². The topological polar surface area (TPSA) is 95.7 Å². The molecule has 2 aromatic carbocycles. The molecular formula is C23H26N6OS. The third-order valence-corrected chi connectivity index (χ3v) is 6.09. The van der Waals surface area contributed by atoms with Crippen LogP contribution in [0.25, 0.3) is 22.8 Å². The normalized spacial score (nSPS) is 12.8. The minimum absolute atomic E-state index is 0.0901. The van der Waals surface area contributed by atoms with Crippen molar-refractivity contribution >= 4 is 11.8 Å². The smallest absolute Gasteiger partial charge is 0.247 e. The third-order valence-electron chi connectivity index (χ3n) is 5.04. The monoisotopic (exact) mass is 434 g/mol. The second kappa shape index (κ2) is 8.19. The van der Waals surface area contributed by atoms with E-state index in [0.717, 1.165) is 11.1 Å². The highest BCUT2D eigenvalue weighted by atomic mass is 32.2. The van der Waals surface area contributed by atoms with Crippen LogP contribution in [-0.2, 0) is 5.41 Å². The number of rotatable bonds is 5. The van der Waals surface area contributed by atoms with Gasteiger partial charge in [0.05, 0.1) is 5.25 Å². The van der Waals surface area contributed by atoms with Gasteiger partial charge in [0.1, 0.15) is 0 Å². The number of hydrogen-bond donors (Lipinski definition) is 1. The summed E-state index contributed by atoms with van der Waals surface area (Å²) in [7, 11) is 0. The first-order valence-electron chi connectivity index (χ1n) is 10.1. The molecule has 2 aromatic heterocycles. The average Bonchev–Trinajstić information content (AvgIpc) is 3.36. The van der Waals surface area contributed by atoms with Crippen molar-refractivity contribution in [3.8, 4) is 22.8 Å². The van der Waals surface area contributed by atoms with Crippen molar-refractivity contribution in [2.75, 3.05) is 5.84 Å². The number of benzene rings is 2. The fourth-order valence-corrected chi connectivity index (χ4v) is 3.89. The fraction of sp³-hybridized carbons (Fsp3) is 0.304. The molecule has 0 spiro atoms. The van der Waals surface area contributed by atoms with Crippen LogP contribution in [0.3, 0.4) is 0 Å². The summed E-state index contributed by atoms with van der Waals surface area (Å²) in [5.74, 6) is 7.92. The van der Waals surface area contributed by atoms with Crippen LogP contribution in [0.15, 0.2) is 58.1 Å². The zero-order valence-corrected chi connectivity index (χ0v) is 19.1. The minimum atomic E-state index is -0.130. The molecule has 1 unspecified atom stereocenters. The van der Waals surface area contributed by atoms with Crippen molar-refractivity contribution in [1.29, 1.82) is 0 Å². The summed E-state index contributed by atoms with van der Waals surface area (Å²) in [6.45, 7) is 10.6. The van der Waals surface area contributed by atoms with Crippen LogP contribution in [0.4, 0.5) is 0 Å². The summed E-state index contributed by atoms with van der Waals surface area (Å²) in [5.41, 5.74) is 4.33. The Balaban J connectivity index is 1.50. The summed E-state index contributed by atoms with van der Waals surface area (Å²) in [6, 6.07) is 16.2. The van der Waals surface area contributed by atoms with Crippen LogP contribution in [-0.4, -0.2) is 25.1 Å². The maximum absolute atomic E-state index is 6.30. The Labute approximate surface area is 186 Å². The Morgan fingerprint density at radius 2 is 1.55 bits per heavy atom. The van der Waals surface area contributed by atoms with Crippen LogP contribution in [0.2, 0.25) is 0 Å². The van der Waals surface area contributed by atoms with Crippen molar-refractivity contribution in [1.82, 2.24) is 25.1 Å². The molecular weight excluding hydrogens is 408 g/mol. The molecule has 0 bridgehead atoms. The van der Waals surface area contributed by atoms with Gasteiger partial charge in [0.15, 0.2) is 5.82 Å². The van der Waals surface area contributed by atoms with Crippen molar-refractivity contribution in [3.05, 3.63) is 65.5 Å². The SMILES string of the molecule is Cc1ccc(-c2nnc(C(C)Sc3nnc(-c4ccc(C(C)(C)C)cc4)n3N)o2)cc1. The molecule has 4 aromatic rings. The molecule has 31 heavy (non-hydrogen) atoms. The molecule has 2 heterocycles. The van der Waals surface area contributed by atoms with E-state index >= 15 is 0 Å². The standard InChI is InChI=1S/C23H26N6OS/c1-14-6-8-17(9-7-14)21-27-26-20(30-21)15(2)31-22-28-25-19(29(22)24)16-10-12-18(13-11-16)23(3,4)5/h6-13,15H,24H2,1-5H3. The van der Waals surface area contributed by atoms with Gasteiger partial charge in [0.2, 0.25) is 16.9 Å². The van der Waals surface area contributed by atoms with E-state index in [9.17, 15) is 0 Å². The van der Waals surface area contributed by atoms with Gasteiger partial charge in [0.25, 0.3) is 0 Å². The number of nitrogen functional groups attached to an aromatic ring is 1. The maximum atomic E-state index is 6.30. The molecule has 0 amide bonds. The lowest BCUT2D eigenvalue weighted by Crippen LogP contribution is -2.13. The summed E-state index contributed by atoms with van der Waals surface area (Å²) in [6.07, 6.45) is 0. The van der Waals surface area contributed by atoms with E-state index in [1.54, 1.807) is 0 Å². The first-order valence-corrected chi connectivity index (χ1v) is 11.0. The molecule has 0 aliphatic heterocycles. The lowest BCUT2D eigenvalue weighted by molar-refractivity contribution is 0.509. The lowest BCUT2D eigenvalue weighted by atomic mass is 9.87. The second-order valence-corrected chi connectivity index (χ2v) is 9.88. The molecule has 0 saturated carbocycles. The van der Waals surface area contributed by atoms with Crippen LogP contribution in [0, 0.1) is 6.92 Å². The lowest BCUT2D eigenvalue weighted by Gasteiger charge is -2.19. The van der Waals surface area contributed by atoms with Gasteiger partial charge in [-0.05, 0) is 37.0 Å². The van der Waals surface area contributed by atoms with E-state index < -0.39 is 0 Å². The third kappa shape index (κ3) is 4.49. The van der Waals surface area contributed by atoms with Crippen molar-refractivity contribution < 1.29 is 4.42 Å². The first-order chi connectivity index (χ1) is 14.7. The molecule has 160 valence electrons. The van der Waals surface area contributed by atoms with Gasteiger partial charge in [-0.25, -0.2) is 4.68 Å². The summed E-state index contributed by atoms with van der Waals surface area (Å²) in [5, 5.41) is 17.4. The summed E-state index contributed by atoms with van der Waals surface area (Å²) >= 11 is 1.43. The average molecular weight is 435 g/mol. The quantitative estimate of drug-likeness (QED) is 0.342. The number of nitrogens with two attached hydrogens (primary N) is 1. The van der Waals surface area contributed by atoms with Gasteiger partial charge in [0, 0.05) is 11.1 Å². The zero-order valence-electron chi connectivity index (χ0n) is 18.3. The van der Waals surface area contributed by atoms with E-state index in [1.807, 2.05) is 50.2 Å². The number of nitrogens with zero attached hydrogens (tertiary/aromatic N) is 5. The van der Waals surface area contributed by atoms with E-state index in [0.29, 0.717) is 22.8 Å². The van der Waals surface area contributed by atoms with E-state index in [2.05, 4.69) is 53.3 Å². The predicted molar refractivity (Wildman–Crippen MR) is 123 cm³/mol. The molecule has 0 fully saturated rings. The van der Waals surface area contributed by atoms with Crippen molar-refractivity contribution in [2.24, 2.45) is 0 Å². The summed E-state index contributed by atoms with van der Waals surface area (Å²) < 4.78 is 7.38. The highest BCUT2D eigenvalue weighted by molar-refractivity contribution is 7.99. The van der Waals surface area contributed by atoms with Crippen LogP contribution in [0.5, 0.6) is 0 Å². The highest BCUT2D eigenvalue weighted by Crippen LogP contribution is 2.35. The molecule has 0 aliphatic rings. The first kappa shape index (κ1) is 21.1. The van der Waals surface area contributed by atoms with Crippen LogP contribution < -0.4 is 5.84 Å². The molecule has 0 radical (unpaired) electrons. The van der Waals surface area contributed by atoms with Crippen LogP contribution in [0.1, 0.15) is 50.0 Å². The van der Waals surface area contributed by atoms with Crippen molar-refractivity contribution in [2.45, 2.75) is 50.4 Å². The molecule has 8 heteroatoms. The second-order valence-electron chi connectivity index (χ2n) is 8.58. The molecule has 1 atom stereocenters. The minimum Gasteiger partial charge on any atom is -0.419 e. The van der Waals surface area contributed by atoms with E-state index in [4.69, 9.17) is 10.3 Å². The molecule has 4 rings (SSSR count). The number of aryl methyl sites for hydroxylation is 1. The van der Waals surface area contributed by atoms with Gasteiger partial charge in [-0.1, -0.05) is 74.5 Å². The Hall–Kier alpha value is -3.13. The number of hydrogen-bond acceptors (Lipinski definition) is 7. The Kier molecular flexibility index (Phi) is 5.58.